The number of ether oxygens (including phenoxy) is 2. The van der Waals surface area contributed by atoms with Crippen LogP contribution in [0.25, 0.3) is 17.2 Å². The highest BCUT2D eigenvalue weighted by Crippen LogP contribution is 2.26. The molecule has 5 heteroatoms. The van der Waals surface area contributed by atoms with Gasteiger partial charge in [0.2, 0.25) is 0 Å². The minimum atomic E-state index is -0.633. The average molecular weight is 388 g/mol. The average Bonchev–Trinajstić information content (AvgIpc) is 2.77. The molecule has 0 aliphatic rings. The fourth-order valence-electron chi connectivity index (χ4n) is 2.71. The SMILES string of the molecule is COc1cc(/C=C/C(=O)OCC(=O)c2ccc(-c3ccccc3)cc2)ccc1O. The first kappa shape index (κ1) is 19.9. The van der Waals surface area contributed by atoms with Crippen LogP contribution in [0.5, 0.6) is 11.5 Å². The van der Waals surface area contributed by atoms with E-state index in [0.717, 1.165) is 11.1 Å². The summed E-state index contributed by atoms with van der Waals surface area (Å²) < 4.78 is 10.0. The zero-order valence-corrected chi connectivity index (χ0v) is 15.9. The third kappa shape index (κ3) is 5.32. The number of phenolic OH excluding ortho intramolecular Hbond substituents is 1. The predicted octanol–water partition coefficient (Wildman–Crippen LogP) is 4.51. The second-order valence-corrected chi connectivity index (χ2v) is 6.24. The van der Waals surface area contributed by atoms with Crippen LogP contribution in [0.15, 0.2) is 78.9 Å². The minimum absolute atomic E-state index is 0.0103. The maximum atomic E-state index is 12.2. The molecule has 0 saturated carbocycles. The van der Waals surface area contributed by atoms with Crippen LogP contribution in [0.3, 0.4) is 0 Å². The van der Waals surface area contributed by atoms with Crippen molar-refractivity contribution in [3.8, 4) is 22.6 Å². The van der Waals surface area contributed by atoms with Crippen LogP contribution in [-0.2, 0) is 9.53 Å². The largest absolute Gasteiger partial charge is 0.504 e. The summed E-state index contributed by atoms with van der Waals surface area (Å²) in [5.74, 6) is -0.602. The van der Waals surface area contributed by atoms with Crippen molar-refractivity contribution in [1.82, 2.24) is 0 Å². The van der Waals surface area contributed by atoms with E-state index in [9.17, 15) is 14.7 Å². The van der Waals surface area contributed by atoms with Gasteiger partial charge in [-0.1, -0.05) is 60.7 Å². The van der Waals surface area contributed by atoms with Crippen molar-refractivity contribution in [2.24, 2.45) is 0 Å². The molecule has 0 unspecified atom stereocenters. The fourth-order valence-corrected chi connectivity index (χ4v) is 2.71. The topological polar surface area (TPSA) is 72.8 Å². The second-order valence-electron chi connectivity index (χ2n) is 6.24. The smallest absolute Gasteiger partial charge is 0.331 e. The summed E-state index contributed by atoms with van der Waals surface area (Å²) in [6.07, 6.45) is 2.74. The van der Waals surface area contributed by atoms with Crippen LogP contribution in [0, 0.1) is 0 Å². The summed E-state index contributed by atoms with van der Waals surface area (Å²) >= 11 is 0. The Bertz CT molecular complexity index is 1020. The molecule has 0 bridgehead atoms. The van der Waals surface area contributed by atoms with E-state index in [2.05, 4.69) is 0 Å². The zero-order valence-electron chi connectivity index (χ0n) is 15.9. The van der Waals surface area contributed by atoms with Gasteiger partial charge in [0.05, 0.1) is 7.11 Å². The van der Waals surface area contributed by atoms with Crippen LogP contribution in [0.2, 0.25) is 0 Å². The minimum Gasteiger partial charge on any atom is -0.504 e. The molecule has 3 aromatic carbocycles. The number of rotatable bonds is 7. The van der Waals surface area contributed by atoms with Gasteiger partial charge in [0.25, 0.3) is 0 Å². The molecule has 0 amide bonds. The van der Waals surface area contributed by atoms with Gasteiger partial charge in [-0.05, 0) is 34.9 Å². The number of benzene rings is 3. The molecule has 0 atom stereocenters. The molecule has 1 N–H and O–H groups in total. The van der Waals surface area contributed by atoms with Crippen LogP contribution in [0.4, 0.5) is 0 Å². The molecule has 0 aliphatic carbocycles. The highest BCUT2D eigenvalue weighted by Gasteiger charge is 2.09. The Hall–Kier alpha value is -3.86. The van der Waals surface area contributed by atoms with Gasteiger partial charge < -0.3 is 14.6 Å². The van der Waals surface area contributed by atoms with Crippen molar-refractivity contribution in [3.05, 3.63) is 90.0 Å². The van der Waals surface area contributed by atoms with Gasteiger partial charge in [-0.25, -0.2) is 4.79 Å². The summed E-state index contributed by atoms with van der Waals surface area (Å²) in [7, 11) is 1.44. The van der Waals surface area contributed by atoms with E-state index < -0.39 is 5.97 Å². The molecule has 0 radical (unpaired) electrons. The quantitative estimate of drug-likeness (QED) is 0.366. The van der Waals surface area contributed by atoms with E-state index in [1.807, 2.05) is 42.5 Å². The van der Waals surface area contributed by atoms with Gasteiger partial charge in [0.15, 0.2) is 23.9 Å². The molecule has 3 rings (SSSR count). The zero-order chi connectivity index (χ0) is 20.6. The lowest BCUT2D eigenvalue weighted by Crippen LogP contribution is -2.12. The molecular weight excluding hydrogens is 368 g/mol. The highest BCUT2D eigenvalue weighted by atomic mass is 16.5. The van der Waals surface area contributed by atoms with Crippen LogP contribution in [-0.4, -0.2) is 30.6 Å². The van der Waals surface area contributed by atoms with E-state index in [-0.39, 0.29) is 18.1 Å². The number of Topliss-reactive ketones (excluding diaryl/α,β-unsaturated/α-hetero) is 1. The van der Waals surface area contributed by atoms with Crippen molar-refractivity contribution in [2.75, 3.05) is 13.7 Å². The number of carbonyl (C=O) groups is 2. The number of esters is 1. The lowest BCUT2D eigenvalue weighted by molar-refractivity contribution is -0.136. The Morgan fingerprint density at radius 2 is 1.62 bits per heavy atom. The van der Waals surface area contributed by atoms with Crippen LogP contribution < -0.4 is 4.74 Å². The fraction of sp³-hybridized carbons (Fsp3) is 0.0833. The first-order valence-corrected chi connectivity index (χ1v) is 8.97. The summed E-state index contributed by atoms with van der Waals surface area (Å²) in [6, 6.07) is 21.7. The van der Waals surface area contributed by atoms with Gasteiger partial charge in [0, 0.05) is 11.6 Å². The molecule has 0 aromatic heterocycles. The number of hydrogen-bond donors (Lipinski definition) is 1. The Labute approximate surface area is 168 Å². The van der Waals surface area contributed by atoms with Gasteiger partial charge in [-0.3, -0.25) is 4.79 Å². The summed E-state index contributed by atoms with van der Waals surface area (Å²) in [5, 5.41) is 9.57. The third-order valence-electron chi connectivity index (χ3n) is 4.28. The number of carbonyl (C=O) groups excluding carboxylic acids is 2. The monoisotopic (exact) mass is 388 g/mol. The van der Waals surface area contributed by atoms with E-state index in [1.54, 1.807) is 24.3 Å². The molecule has 0 fully saturated rings. The van der Waals surface area contributed by atoms with Crippen molar-refractivity contribution < 1.29 is 24.2 Å². The molecule has 0 saturated heterocycles. The maximum absolute atomic E-state index is 12.2. The van der Waals surface area contributed by atoms with E-state index in [0.29, 0.717) is 16.9 Å². The molecule has 0 spiro atoms. The van der Waals surface area contributed by atoms with Gasteiger partial charge in [-0.15, -0.1) is 0 Å². The normalized spacial score (nSPS) is 10.7. The number of phenols is 1. The van der Waals surface area contributed by atoms with E-state index in [1.165, 1.54) is 25.3 Å². The van der Waals surface area contributed by atoms with E-state index in [4.69, 9.17) is 9.47 Å². The lowest BCUT2D eigenvalue weighted by Gasteiger charge is -2.05. The van der Waals surface area contributed by atoms with Crippen LogP contribution >= 0.6 is 0 Å². The molecular formula is C24H20O5. The highest BCUT2D eigenvalue weighted by molar-refractivity contribution is 5.99. The predicted molar refractivity (Wildman–Crippen MR) is 111 cm³/mol. The second kappa shape index (κ2) is 9.37. The standard InChI is InChI=1S/C24H20O5/c1-28-23-15-17(7-13-21(23)25)8-14-24(27)29-16-22(26)20-11-9-19(10-12-20)18-5-3-2-4-6-18/h2-15,25H,16H2,1H3/b14-8+. The first-order valence-electron chi connectivity index (χ1n) is 8.97. The van der Waals surface area contributed by atoms with Crippen molar-refractivity contribution in [3.63, 3.8) is 0 Å². The Balaban J connectivity index is 1.55. The van der Waals surface area contributed by atoms with Crippen LogP contribution in [0.1, 0.15) is 15.9 Å². The lowest BCUT2D eigenvalue weighted by atomic mass is 10.0. The number of ketones is 1. The van der Waals surface area contributed by atoms with Gasteiger partial charge >= 0.3 is 5.97 Å². The van der Waals surface area contributed by atoms with Crippen molar-refractivity contribution in [2.45, 2.75) is 0 Å². The first-order chi connectivity index (χ1) is 14.1. The Morgan fingerprint density at radius 3 is 2.31 bits per heavy atom. The van der Waals surface area contributed by atoms with E-state index >= 15 is 0 Å². The summed E-state index contributed by atoms with van der Waals surface area (Å²) in [5.41, 5.74) is 3.20. The molecule has 146 valence electrons. The van der Waals surface area contributed by atoms with Gasteiger partial charge in [0.1, 0.15) is 0 Å². The number of hydrogen-bond acceptors (Lipinski definition) is 5. The maximum Gasteiger partial charge on any atom is 0.331 e. The molecule has 3 aromatic rings. The Morgan fingerprint density at radius 1 is 0.931 bits per heavy atom. The molecule has 0 heterocycles. The summed E-state index contributed by atoms with van der Waals surface area (Å²) in [6.45, 7) is -0.341. The molecule has 0 aliphatic heterocycles. The van der Waals surface area contributed by atoms with Crippen molar-refractivity contribution in [1.29, 1.82) is 0 Å². The molecule has 29 heavy (non-hydrogen) atoms. The summed E-state index contributed by atoms with van der Waals surface area (Å²) in [4.78, 5) is 24.1. The Kier molecular flexibility index (Phi) is 6.43. The number of methoxy groups -OCH3 is 1. The number of aromatic hydroxyl groups is 1. The van der Waals surface area contributed by atoms with Crippen molar-refractivity contribution >= 4 is 17.8 Å². The van der Waals surface area contributed by atoms with Gasteiger partial charge in [-0.2, -0.15) is 0 Å². The molecule has 5 nitrogen and oxygen atoms in total. The third-order valence-corrected chi connectivity index (χ3v) is 4.28.